The summed E-state index contributed by atoms with van der Waals surface area (Å²) in [6, 6.07) is 5.24. The number of pyridine rings is 1. The van der Waals surface area contributed by atoms with E-state index in [0.29, 0.717) is 23.2 Å². The molecule has 114 valence electrons. The first-order valence-corrected chi connectivity index (χ1v) is 6.24. The Hall–Kier alpha value is -3.03. The number of urea groups is 1. The van der Waals surface area contributed by atoms with Crippen LogP contribution in [0, 0.1) is 11.6 Å². The number of nitrogens with one attached hydrogen (secondary N) is 2. The molecule has 1 aromatic carbocycles. The molecular weight excluding hydrogens is 292 g/mol. The Morgan fingerprint density at radius 1 is 1.27 bits per heavy atom. The molecule has 0 bridgehead atoms. The Labute approximate surface area is 125 Å². The molecule has 1 aromatic heterocycles. The highest BCUT2D eigenvalue weighted by atomic mass is 19.1. The van der Waals surface area contributed by atoms with Gasteiger partial charge in [0.25, 0.3) is 0 Å². The molecule has 0 unspecified atom stereocenters. The smallest absolute Gasteiger partial charge is 0.339 e. The molecule has 2 rings (SSSR count). The summed E-state index contributed by atoms with van der Waals surface area (Å²) < 4.78 is 26.0. The van der Waals surface area contributed by atoms with Crippen LogP contribution in [0.3, 0.4) is 0 Å². The van der Waals surface area contributed by atoms with Gasteiger partial charge in [-0.3, -0.25) is 4.98 Å². The molecular formula is C14H13F2N5O. The van der Waals surface area contributed by atoms with Crippen molar-refractivity contribution in [2.75, 3.05) is 11.1 Å². The summed E-state index contributed by atoms with van der Waals surface area (Å²) in [5, 5.41) is 6.08. The first kappa shape index (κ1) is 15.4. The summed E-state index contributed by atoms with van der Waals surface area (Å²) in [6.07, 6.45) is 1.54. The van der Waals surface area contributed by atoms with Crippen LogP contribution in [0.2, 0.25) is 0 Å². The molecule has 1 heterocycles. The van der Waals surface area contributed by atoms with Gasteiger partial charge in [-0.2, -0.15) is 5.10 Å². The molecule has 0 saturated heterocycles. The van der Waals surface area contributed by atoms with Gasteiger partial charge in [0.05, 0.1) is 11.4 Å². The van der Waals surface area contributed by atoms with E-state index in [1.54, 1.807) is 25.3 Å². The maximum absolute atomic E-state index is 13.0. The van der Waals surface area contributed by atoms with Gasteiger partial charge in [0.1, 0.15) is 17.3 Å². The third-order valence-electron chi connectivity index (χ3n) is 2.63. The Morgan fingerprint density at radius 2 is 1.95 bits per heavy atom. The summed E-state index contributed by atoms with van der Waals surface area (Å²) in [7, 11) is 0. The molecule has 0 aliphatic carbocycles. The molecule has 2 amide bonds. The SMILES string of the molecule is C/C(=N\NC(=O)Nc1cc(F)cc(F)c1)c1ncccc1N. The third-order valence-corrected chi connectivity index (χ3v) is 2.63. The van der Waals surface area contributed by atoms with Crippen LogP contribution in [-0.2, 0) is 0 Å². The van der Waals surface area contributed by atoms with Crippen LogP contribution in [0.4, 0.5) is 25.0 Å². The molecule has 0 atom stereocenters. The fraction of sp³-hybridized carbons (Fsp3) is 0.0714. The number of amides is 2. The molecule has 0 radical (unpaired) electrons. The molecule has 0 fully saturated rings. The number of rotatable bonds is 3. The second-order valence-electron chi connectivity index (χ2n) is 4.36. The van der Waals surface area contributed by atoms with Crippen molar-refractivity contribution >= 4 is 23.1 Å². The number of halogens is 2. The van der Waals surface area contributed by atoms with E-state index in [4.69, 9.17) is 5.73 Å². The van der Waals surface area contributed by atoms with Crippen molar-refractivity contribution in [1.82, 2.24) is 10.4 Å². The van der Waals surface area contributed by atoms with Gasteiger partial charge in [-0.25, -0.2) is 19.0 Å². The van der Waals surface area contributed by atoms with E-state index in [1.165, 1.54) is 0 Å². The van der Waals surface area contributed by atoms with Gasteiger partial charge in [0.15, 0.2) is 0 Å². The summed E-state index contributed by atoms with van der Waals surface area (Å²) in [5.74, 6) is -1.59. The van der Waals surface area contributed by atoms with Crippen LogP contribution in [0.5, 0.6) is 0 Å². The molecule has 0 saturated carbocycles. The number of carbonyl (C=O) groups excluding carboxylic acids is 1. The number of carbonyl (C=O) groups is 1. The molecule has 8 heteroatoms. The van der Waals surface area contributed by atoms with Gasteiger partial charge in [0, 0.05) is 18.0 Å². The second kappa shape index (κ2) is 6.61. The molecule has 0 spiro atoms. The summed E-state index contributed by atoms with van der Waals surface area (Å²) in [5.41, 5.74) is 9.13. The minimum absolute atomic E-state index is 0.0276. The fourth-order valence-corrected chi connectivity index (χ4v) is 1.69. The number of nitrogen functional groups attached to an aromatic ring is 1. The predicted molar refractivity (Wildman–Crippen MR) is 79.4 cm³/mol. The van der Waals surface area contributed by atoms with Crippen LogP contribution >= 0.6 is 0 Å². The van der Waals surface area contributed by atoms with E-state index in [9.17, 15) is 13.6 Å². The van der Waals surface area contributed by atoms with Crippen molar-refractivity contribution in [2.24, 2.45) is 5.10 Å². The normalized spacial score (nSPS) is 11.1. The molecule has 0 aliphatic rings. The average Bonchev–Trinajstić information content (AvgIpc) is 2.44. The fourth-order valence-electron chi connectivity index (χ4n) is 1.69. The lowest BCUT2D eigenvalue weighted by Crippen LogP contribution is -2.25. The number of aromatic nitrogens is 1. The molecule has 6 nitrogen and oxygen atoms in total. The van der Waals surface area contributed by atoms with Gasteiger partial charge in [-0.15, -0.1) is 0 Å². The molecule has 22 heavy (non-hydrogen) atoms. The van der Waals surface area contributed by atoms with Crippen LogP contribution in [0.25, 0.3) is 0 Å². The van der Waals surface area contributed by atoms with E-state index in [2.05, 4.69) is 20.8 Å². The Morgan fingerprint density at radius 3 is 2.59 bits per heavy atom. The maximum Gasteiger partial charge on any atom is 0.339 e. The zero-order valence-electron chi connectivity index (χ0n) is 11.6. The number of nitrogens with two attached hydrogens (primary N) is 1. The Bertz CT molecular complexity index is 713. The standard InChI is InChI=1S/C14H13F2N5O/c1-8(13-12(17)3-2-4-18-13)20-21-14(22)19-11-6-9(15)5-10(16)7-11/h2-7H,17H2,1H3,(H2,19,21,22)/b20-8+. The molecule has 4 N–H and O–H groups in total. The number of anilines is 2. The van der Waals surface area contributed by atoms with Gasteiger partial charge in [0.2, 0.25) is 0 Å². The van der Waals surface area contributed by atoms with Crippen LogP contribution < -0.4 is 16.5 Å². The number of benzene rings is 1. The zero-order chi connectivity index (χ0) is 16.1. The van der Waals surface area contributed by atoms with Gasteiger partial charge in [-0.05, 0) is 31.2 Å². The highest BCUT2D eigenvalue weighted by Gasteiger charge is 2.06. The highest BCUT2D eigenvalue weighted by molar-refractivity contribution is 6.02. The largest absolute Gasteiger partial charge is 0.397 e. The average molecular weight is 305 g/mol. The van der Waals surface area contributed by atoms with Gasteiger partial charge < -0.3 is 11.1 Å². The Balaban J connectivity index is 2.03. The zero-order valence-corrected chi connectivity index (χ0v) is 11.6. The van der Waals surface area contributed by atoms with E-state index in [0.717, 1.165) is 12.1 Å². The predicted octanol–water partition coefficient (Wildman–Crippen LogP) is 2.49. The van der Waals surface area contributed by atoms with E-state index < -0.39 is 17.7 Å². The molecule has 0 aliphatic heterocycles. The Kier molecular flexibility index (Phi) is 4.62. The lowest BCUT2D eigenvalue weighted by atomic mass is 10.2. The topological polar surface area (TPSA) is 92.4 Å². The van der Waals surface area contributed by atoms with Crippen LogP contribution in [-0.4, -0.2) is 16.7 Å². The second-order valence-corrected chi connectivity index (χ2v) is 4.36. The highest BCUT2D eigenvalue weighted by Crippen LogP contribution is 2.12. The number of hydrogen-bond donors (Lipinski definition) is 3. The van der Waals surface area contributed by atoms with Crippen LogP contribution in [0.15, 0.2) is 41.6 Å². The van der Waals surface area contributed by atoms with Crippen molar-refractivity contribution in [3.8, 4) is 0 Å². The quantitative estimate of drug-likeness (QED) is 0.601. The van der Waals surface area contributed by atoms with Crippen molar-refractivity contribution in [1.29, 1.82) is 0 Å². The van der Waals surface area contributed by atoms with Crippen LogP contribution in [0.1, 0.15) is 12.6 Å². The van der Waals surface area contributed by atoms with E-state index >= 15 is 0 Å². The first-order valence-electron chi connectivity index (χ1n) is 6.24. The van der Waals surface area contributed by atoms with E-state index in [1.807, 2.05) is 0 Å². The van der Waals surface area contributed by atoms with Gasteiger partial charge in [-0.1, -0.05) is 0 Å². The lowest BCUT2D eigenvalue weighted by molar-refractivity contribution is 0.252. The summed E-state index contributed by atoms with van der Waals surface area (Å²) in [4.78, 5) is 15.7. The van der Waals surface area contributed by atoms with E-state index in [-0.39, 0.29) is 5.69 Å². The monoisotopic (exact) mass is 305 g/mol. The number of hydrogen-bond acceptors (Lipinski definition) is 4. The minimum Gasteiger partial charge on any atom is -0.397 e. The van der Waals surface area contributed by atoms with Crippen molar-refractivity contribution in [2.45, 2.75) is 6.92 Å². The van der Waals surface area contributed by atoms with Crippen molar-refractivity contribution < 1.29 is 13.6 Å². The molecule has 2 aromatic rings. The summed E-state index contributed by atoms with van der Waals surface area (Å²) >= 11 is 0. The number of hydrazone groups is 1. The van der Waals surface area contributed by atoms with Crippen molar-refractivity contribution in [3.05, 3.63) is 53.9 Å². The first-order chi connectivity index (χ1) is 10.5. The van der Waals surface area contributed by atoms with Crippen molar-refractivity contribution in [3.63, 3.8) is 0 Å². The number of nitrogens with zero attached hydrogens (tertiary/aromatic N) is 2. The maximum atomic E-state index is 13.0. The summed E-state index contributed by atoms with van der Waals surface area (Å²) in [6.45, 7) is 1.61. The minimum atomic E-state index is -0.795. The lowest BCUT2D eigenvalue weighted by Gasteiger charge is -2.06. The van der Waals surface area contributed by atoms with Gasteiger partial charge >= 0.3 is 6.03 Å². The third kappa shape index (κ3) is 3.98.